The predicted molar refractivity (Wildman–Crippen MR) is 115 cm³/mol. The number of piperidine rings is 1. The Bertz CT molecular complexity index is 698. The monoisotopic (exact) mass is 406 g/mol. The molecule has 27 heavy (non-hydrogen) atoms. The molecule has 1 aliphatic heterocycles. The number of halogens is 2. The van der Waals surface area contributed by atoms with E-state index >= 15 is 0 Å². The molecule has 3 nitrogen and oxygen atoms in total. The molecule has 0 spiro atoms. The maximum Gasteiger partial charge on any atom is 0.253 e. The Morgan fingerprint density at radius 3 is 2.30 bits per heavy atom. The van der Waals surface area contributed by atoms with Crippen molar-refractivity contribution in [1.29, 1.82) is 0 Å². The van der Waals surface area contributed by atoms with Gasteiger partial charge in [-0.2, -0.15) is 0 Å². The summed E-state index contributed by atoms with van der Waals surface area (Å²) in [6, 6.07) is 17.8. The Hall–Kier alpha value is -1.55. The van der Waals surface area contributed by atoms with Crippen LogP contribution in [0.25, 0.3) is 0 Å². The van der Waals surface area contributed by atoms with Crippen LogP contribution in [0, 0.1) is 5.92 Å². The van der Waals surface area contributed by atoms with Gasteiger partial charge in [-0.1, -0.05) is 41.9 Å². The number of benzene rings is 2. The molecule has 2 aromatic carbocycles. The van der Waals surface area contributed by atoms with Crippen molar-refractivity contribution in [3.63, 3.8) is 0 Å². The Morgan fingerprint density at radius 2 is 1.70 bits per heavy atom. The van der Waals surface area contributed by atoms with Crippen molar-refractivity contribution >= 4 is 29.9 Å². The van der Waals surface area contributed by atoms with Crippen LogP contribution in [0.4, 0.5) is 0 Å². The number of carbonyl (C=O) groups is 1. The average molecular weight is 407 g/mol. The first-order valence-corrected chi connectivity index (χ1v) is 9.84. The van der Waals surface area contributed by atoms with Crippen molar-refractivity contribution in [3.05, 3.63) is 70.7 Å². The smallest absolute Gasteiger partial charge is 0.253 e. The zero-order chi connectivity index (χ0) is 18.4. The normalized spacial score (nSPS) is 15.2. The SMILES string of the molecule is CCN(CC1CCN(Cc2ccccc2)CC1)C(=O)c1ccc(Cl)cc1.Cl. The summed E-state index contributed by atoms with van der Waals surface area (Å²) in [6.07, 6.45) is 2.30. The molecule has 3 rings (SSSR count). The van der Waals surface area contributed by atoms with E-state index in [1.165, 1.54) is 5.56 Å². The van der Waals surface area contributed by atoms with E-state index in [-0.39, 0.29) is 18.3 Å². The van der Waals surface area contributed by atoms with Crippen molar-refractivity contribution in [1.82, 2.24) is 9.80 Å². The molecule has 1 aliphatic rings. The van der Waals surface area contributed by atoms with Gasteiger partial charge in [0.15, 0.2) is 0 Å². The van der Waals surface area contributed by atoms with E-state index in [2.05, 4.69) is 42.2 Å². The summed E-state index contributed by atoms with van der Waals surface area (Å²) in [5.74, 6) is 0.689. The number of hydrogen-bond donors (Lipinski definition) is 0. The summed E-state index contributed by atoms with van der Waals surface area (Å²) in [5.41, 5.74) is 2.09. The molecule has 0 aliphatic carbocycles. The highest BCUT2D eigenvalue weighted by Gasteiger charge is 2.23. The highest BCUT2D eigenvalue weighted by molar-refractivity contribution is 6.30. The maximum absolute atomic E-state index is 12.7. The lowest BCUT2D eigenvalue weighted by atomic mass is 9.95. The fourth-order valence-corrected chi connectivity index (χ4v) is 3.74. The molecule has 0 aromatic heterocycles. The van der Waals surface area contributed by atoms with Crippen LogP contribution in [-0.2, 0) is 6.54 Å². The van der Waals surface area contributed by atoms with E-state index in [9.17, 15) is 4.79 Å². The fraction of sp³-hybridized carbons (Fsp3) is 0.409. The standard InChI is InChI=1S/C22H27ClN2O.ClH/c1-2-25(22(26)20-8-10-21(23)11-9-20)17-19-12-14-24(15-13-19)16-18-6-4-3-5-7-18;/h3-11,19H,2,12-17H2,1H3;1H. The summed E-state index contributed by atoms with van der Waals surface area (Å²) in [4.78, 5) is 17.2. The van der Waals surface area contributed by atoms with Crippen molar-refractivity contribution in [2.24, 2.45) is 5.92 Å². The Kier molecular flexibility index (Phi) is 8.62. The van der Waals surface area contributed by atoms with Gasteiger partial charge < -0.3 is 4.90 Å². The van der Waals surface area contributed by atoms with E-state index in [0.717, 1.165) is 51.1 Å². The van der Waals surface area contributed by atoms with E-state index in [4.69, 9.17) is 11.6 Å². The Balaban J connectivity index is 0.00000261. The second-order valence-corrected chi connectivity index (χ2v) is 7.49. The van der Waals surface area contributed by atoms with Gasteiger partial charge in [-0.05, 0) is 68.6 Å². The quantitative estimate of drug-likeness (QED) is 0.662. The molecular formula is C22H28Cl2N2O. The summed E-state index contributed by atoms with van der Waals surface area (Å²) < 4.78 is 0. The van der Waals surface area contributed by atoms with E-state index in [1.54, 1.807) is 12.1 Å². The van der Waals surface area contributed by atoms with Crippen molar-refractivity contribution in [2.45, 2.75) is 26.3 Å². The summed E-state index contributed by atoms with van der Waals surface area (Å²) in [5, 5.41) is 0.662. The van der Waals surface area contributed by atoms with E-state index < -0.39 is 0 Å². The minimum Gasteiger partial charge on any atom is -0.339 e. The molecule has 146 valence electrons. The first-order chi connectivity index (χ1) is 12.7. The van der Waals surface area contributed by atoms with Crippen LogP contribution in [0.2, 0.25) is 5.02 Å². The molecule has 1 heterocycles. The zero-order valence-electron chi connectivity index (χ0n) is 15.8. The van der Waals surface area contributed by atoms with Gasteiger partial charge in [-0.15, -0.1) is 12.4 Å². The van der Waals surface area contributed by atoms with Gasteiger partial charge >= 0.3 is 0 Å². The topological polar surface area (TPSA) is 23.6 Å². The van der Waals surface area contributed by atoms with Crippen molar-refractivity contribution in [2.75, 3.05) is 26.2 Å². The fourth-order valence-electron chi connectivity index (χ4n) is 3.61. The third-order valence-electron chi connectivity index (χ3n) is 5.19. The maximum atomic E-state index is 12.7. The molecule has 0 radical (unpaired) electrons. The van der Waals surface area contributed by atoms with Crippen LogP contribution in [0.1, 0.15) is 35.7 Å². The molecule has 0 saturated carbocycles. The number of carbonyl (C=O) groups excluding carboxylic acids is 1. The van der Waals surface area contributed by atoms with Gasteiger partial charge in [0.1, 0.15) is 0 Å². The minimum absolute atomic E-state index is 0. The van der Waals surface area contributed by atoms with Gasteiger partial charge in [0.2, 0.25) is 0 Å². The Morgan fingerprint density at radius 1 is 1.07 bits per heavy atom. The lowest BCUT2D eigenvalue weighted by molar-refractivity contribution is 0.0698. The minimum atomic E-state index is 0. The van der Waals surface area contributed by atoms with Crippen molar-refractivity contribution in [3.8, 4) is 0 Å². The lowest BCUT2D eigenvalue weighted by Crippen LogP contribution is -2.40. The van der Waals surface area contributed by atoms with E-state index in [0.29, 0.717) is 10.9 Å². The number of likely N-dealkylation sites (tertiary alicyclic amines) is 1. The largest absolute Gasteiger partial charge is 0.339 e. The third-order valence-corrected chi connectivity index (χ3v) is 5.45. The molecule has 0 N–H and O–H groups in total. The number of nitrogens with zero attached hydrogens (tertiary/aromatic N) is 2. The molecule has 1 fully saturated rings. The highest BCUT2D eigenvalue weighted by Crippen LogP contribution is 2.21. The van der Waals surface area contributed by atoms with E-state index in [1.807, 2.05) is 17.0 Å². The second kappa shape index (κ2) is 10.7. The van der Waals surface area contributed by atoms with Crippen LogP contribution in [0.15, 0.2) is 54.6 Å². The highest BCUT2D eigenvalue weighted by atomic mass is 35.5. The molecule has 0 atom stereocenters. The lowest BCUT2D eigenvalue weighted by Gasteiger charge is -2.34. The average Bonchev–Trinajstić information content (AvgIpc) is 2.68. The predicted octanol–water partition coefficient (Wildman–Crippen LogP) is 5.14. The molecular weight excluding hydrogens is 379 g/mol. The Labute approximate surface area is 173 Å². The van der Waals surface area contributed by atoms with Crippen LogP contribution >= 0.6 is 24.0 Å². The molecule has 1 amide bonds. The zero-order valence-corrected chi connectivity index (χ0v) is 17.4. The van der Waals surface area contributed by atoms with Gasteiger partial charge in [0.05, 0.1) is 0 Å². The molecule has 2 aromatic rings. The first-order valence-electron chi connectivity index (χ1n) is 9.47. The first kappa shape index (κ1) is 21.7. The number of rotatable bonds is 6. The molecule has 5 heteroatoms. The van der Waals surface area contributed by atoms with Crippen LogP contribution in [-0.4, -0.2) is 41.9 Å². The molecule has 0 unspecified atom stereocenters. The van der Waals surface area contributed by atoms with Crippen molar-refractivity contribution < 1.29 is 4.79 Å². The van der Waals surface area contributed by atoms with Crippen LogP contribution in [0.5, 0.6) is 0 Å². The molecule has 0 bridgehead atoms. The van der Waals surface area contributed by atoms with Gasteiger partial charge in [0, 0.05) is 30.2 Å². The number of amides is 1. The van der Waals surface area contributed by atoms with Crippen LogP contribution < -0.4 is 0 Å². The number of hydrogen-bond acceptors (Lipinski definition) is 2. The van der Waals surface area contributed by atoms with Crippen LogP contribution in [0.3, 0.4) is 0 Å². The summed E-state index contributed by atoms with van der Waals surface area (Å²) in [6.45, 7) is 6.87. The second-order valence-electron chi connectivity index (χ2n) is 7.06. The van der Waals surface area contributed by atoms with Gasteiger partial charge in [-0.25, -0.2) is 0 Å². The molecule has 1 saturated heterocycles. The van der Waals surface area contributed by atoms with Gasteiger partial charge in [-0.3, -0.25) is 9.69 Å². The van der Waals surface area contributed by atoms with Gasteiger partial charge in [0.25, 0.3) is 5.91 Å². The third kappa shape index (κ3) is 6.24. The summed E-state index contributed by atoms with van der Waals surface area (Å²) in [7, 11) is 0. The summed E-state index contributed by atoms with van der Waals surface area (Å²) >= 11 is 5.93.